The van der Waals surface area contributed by atoms with Gasteiger partial charge in [0.25, 0.3) is 0 Å². The molecule has 1 aromatic heterocycles. The maximum absolute atomic E-state index is 12.6. The molecule has 2 atom stereocenters. The molecule has 1 aliphatic carbocycles. The number of aryl methyl sites for hydroxylation is 1. The van der Waals surface area contributed by atoms with Gasteiger partial charge in [0.2, 0.25) is 5.91 Å². The maximum atomic E-state index is 12.6. The SMILES string of the molecule is CCOC1CC(N)(C(=O)Nc2ncc(Br)cc2C)C1(C)C. The number of nitrogens with two attached hydrogens (primary N) is 1. The fourth-order valence-corrected chi connectivity index (χ4v) is 3.16. The summed E-state index contributed by atoms with van der Waals surface area (Å²) >= 11 is 3.35. The van der Waals surface area contributed by atoms with E-state index in [2.05, 4.69) is 26.2 Å². The van der Waals surface area contributed by atoms with Crippen LogP contribution in [0.25, 0.3) is 0 Å². The van der Waals surface area contributed by atoms with Crippen LogP contribution in [0.2, 0.25) is 0 Å². The summed E-state index contributed by atoms with van der Waals surface area (Å²) in [6, 6.07) is 1.90. The minimum Gasteiger partial charge on any atom is -0.378 e. The normalized spacial score (nSPS) is 27.0. The zero-order valence-corrected chi connectivity index (χ0v) is 14.5. The quantitative estimate of drug-likeness (QED) is 0.870. The monoisotopic (exact) mass is 355 g/mol. The first-order chi connectivity index (χ1) is 9.72. The molecule has 1 aliphatic rings. The molecule has 0 saturated heterocycles. The number of rotatable bonds is 4. The van der Waals surface area contributed by atoms with Gasteiger partial charge < -0.3 is 15.8 Å². The number of nitrogens with zero attached hydrogens (tertiary/aromatic N) is 1. The summed E-state index contributed by atoms with van der Waals surface area (Å²) in [6.45, 7) is 8.41. The molecule has 2 unspecified atom stereocenters. The van der Waals surface area contributed by atoms with Gasteiger partial charge in [0, 0.05) is 29.1 Å². The van der Waals surface area contributed by atoms with E-state index < -0.39 is 11.0 Å². The Morgan fingerprint density at radius 2 is 2.29 bits per heavy atom. The number of carbonyl (C=O) groups excluding carboxylic acids is 1. The van der Waals surface area contributed by atoms with E-state index in [1.807, 2.05) is 33.8 Å². The predicted octanol–water partition coefficient (Wildman–Crippen LogP) is 2.62. The highest BCUT2D eigenvalue weighted by molar-refractivity contribution is 9.10. The van der Waals surface area contributed by atoms with E-state index in [0.29, 0.717) is 18.8 Å². The van der Waals surface area contributed by atoms with Crippen LogP contribution in [0.5, 0.6) is 0 Å². The van der Waals surface area contributed by atoms with E-state index in [4.69, 9.17) is 10.5 Å². The van der Waals surface area contributed by atoms with Crippen molar-refractivity contribution in [3.05, 3.63) is 22.3 Å². The molecule has 0 radical (unpaired) electrons. The number of aromatic nitrogens is 1. The summed E-state index contributed by atoms with van der Waals surface area (Å²) in [6.07, 6.45) is 2.19. The van der Waals surface area contributed by atoms with Crippen molar-refractivity contribution in [1.29, 1.82) is 0 Å². The van der Waals surface area contributed by atoms with Crippen molar-refractivity contribution < 1.29 is 9.53 Å². The summed E-state index contributed by atoms with van der Waals surface area (Å²) in [7, 11) is 0. The molecular weight excluding hydrogens is 334 g/mol. The third kappa shape index (κ3) is 2.72. The van der Waals surface area contributed by atoms with Crippen LogP contribution in [0.3, 0.4) is 0 Å². The lowest BCUT2D eigenvalue weighted by atomic mass is 9.54. The first kappa shape index (κ1) is 16.4. The number of amides is 1. The maximum Gasteiger partial charge on any atom is 0.246 e. The van der Waals surface area contributed by atoms with Crippen LogP contribution in [0.15, 0.2) is 16.7 Å². The number of halogens is 1. The van der Waals surface area contributed by atoms with Gasteiger partial charge in [-0.3, -0.25) is 4.79 Å². The van der Waals surface area contributed by atoms with Crippen molar-refractivity contribution in [1.82, 2.24) is 4.98 Å². The van der Waals surface area contributed by atoms with Gasteiger partial charge in [-0.2, -0.15) is 0 Å². The Bertz CT molecular complexity index is 562. The van der Waals surface area contributed by atoms with Gasteiger partial charge in [-0.15, -0.1) is 0 Å². The molecule has 0 spiro atoms. The van der Waals surface area contributed by atoms with Crippen molar-refractivity contribution >= 4 is 27.7 Å². The topological polar surface area (TPSA) is 77.2 Å². The minimum absolute atomic E-state index is 0.0113. The number of hydrogen-bond donors (Lipinski definition) is 2. The van der Waals surface area contributed by atoms with Gasteiger partial charge in [0.05, 0.1) is 6.10 Å². The van der Waals surface area contributed by atoms with Crippen LogP contribution in [0, 0.1) is 12.3 Å². The van der Waals surface area contributed by atoms with Gasteiger partial charge in [0.15, 0.2) is 0 Å². The third-order valence-corrected chi connectivity index (χ3v) is 4.95. The Kier molecular flexibility index (Phi) is 4.42. The second kappa shape index (κ2) is 5.66. The van der Waals surface area contributed by atoms with Gasteiger partial charge in [-0.1, -0.05) is 13.8 Å². The molecule has 2 rings (SSSR count). The highest BCUT2D eigenvalue weighted by Crippen LogP contribution is 2.50. The van der Waals surface area contributed by atoms with Crippen molar-refractivity contribution in [2.45, 2.75) is 45.8 Å². The molecule has 3 N–H and O–H groups in total. The van der Waals surface area contributed by atoms with Crippen LogP contribution in [-0.2, 0) is 9.53 Å². The average Bonchev–Trinajstić information content (AvgIpc) is 2.41. The minimum atomic E-state index is -0.936. The molecule has 0 aromatic carbocycles. The first-order valence-electron chi connectivity index (χ1n) is 7.06. The average molecular weight is 356 g/mol. The lowest BCUT2D eigenvalue weighted by Gasteiger charge is -2.57. The first-order valence-corrected chi connectivity index (χ1v) is 7.85. The fraction of sp³-hybridized carbons (Fsp3) is 0.600. The van der Waals surface area contributed by atoms with Crippen LogP contribution in [0.1, 0.15) is 32.8 Å². The molecule has 1 amide bonds. The number of anilines is 1. The predicted molar refractivity (Wildman–Crippen MR) is 86.0 cm³/mol. The molecule has 1 aromatic rings. The number of nitrogens with one attached hydrogen (secondary N) is 1. The van der Waals surface area contributed by atoms with E-state index >= 15 is 0 Å². The second-order valence-corrected chi connectivity index (χ2v) is 7.03. The Morgan fingerprint density at radius 1 is 1.62 bits per heavy atom. The molecule has 1 heterocycles. The smallest absolute Gasteiger partial charge is 0.246 e. The van der Waals surface area contributed by atoms with E-state index in [9.17, 15) is 4.79 Å². The van der Waals surface area contributed by atoms with Gasteiger partial charge in [-0.05, 0) is 41.4 Å². The van der Waals surface area contributed by atoms with Crippen LogP contribution >= 0.6 is 15.9 Å². The van der Waals surface area contributed by atoms with Gasteiger partial charge in [0.1, 0.15) is 11.4 Å². The highest BCUT2D eigenvalue weighted by atomic mass is 79.9. The van der Waals surface area contributed by atoms with Crippen molar-refractivity contribution in [2.24, 2.45) is 11.1 Å². The summed E-state index contributed by atoms with van der Waals surface area (Å²) < 4.78 is 6.52. The van der Waals surface area contributed by atoms with E-state index in [0.717, 1.165) is 10.0 Å². The molecule has 116 valence electrons. The van der Waals surface area contributed by atoms with Gasteiger partial charge >= 0.3 is 0 Å². The fourth-order valence-electron chi connectivity index (χ4n) is 2.71. The molecular formula is C15H22BrN3O2. The van der Waals surface area contributed by atoms with Crippen molar-refractivity contribution in [3.8, 4) is 0 Å². The Morgan fingerprint density at radius 3 is 2.81 bits per heavy atom. The molecule has 0 aliphatic heterocycles. The Labute approximate surface area is 133 Å². The van der Waals surface area contributed by atoms with E-state index in [1.165, 1.54) is 0 Å². The molecule has 5 nitrogen and oxygen atoms in total. The van der Waals surface area contributed by atoms with Gasteiger partial charge in [-0.25, -0.2) is 4.98 Å². The number of ether oxygens (including phenoxy) is 1. The number of carbonyl (C=O) groups is 1. The Hall–Kier alpha value is -0.980. The molecule has 0 bridgehead atoms. The van der Waals surface area contributed by atoms with Crippen molar-refractivity contribution in [3.63, 3.8) is 0 Å². The molecule has 1 saturated carbocycles. The zero-order valence-electron chi connectivity index (χ0n) is 12.9. The van der Waals surface area contributed by atoms with E-state index in [1.54, 1.807) is 6.20 Å². The summed E-state index contributed by atoms with van der Waals surface area (Å²) in [5.41, 5.74) is 5.89. The van der Waals surface area contributed by atoms with Crippen LogP contribution in [0.4, 0.5) is 5.82 Å². The lowest BCUT2D eigenvalue weighted by molar-refractivity contribution is -0.166. The van der Waals surface area contributed by atoms with Crippen LogP contribution in [-0.4, -0.2) is 29.1 Å². The summed E-state index contributed by atoms with van der Waals surface area (Å²) in [4.78, 5) is 16.8. The summed E-state index contributed by atoms with van der Waals surface area (Å²) in [5, 5.41) is 2.85. The second-order valence-electron chi connectivity index (χ2n) is 6.11. The van der Waals surface area contributed by atoms with E-state index in [-0.39, 0.29) is 12.0 Å². The highest BCUT2D eigenvalue weighted by Gasteiger charge is 2.62. The molecule has 1 fully saturated rings. The third-order valence-electron chi connectivity index (χ3n) is 4.51. The van der Waals surface area contributed by atoms with Crippen molar-refractivity contribution in [2.75, 3.05) is 11.9 Å². The van der Waals surface area contributed by atoms with Crippen LogP contribution < -0.4 is 11.1 Å². The number of hydrogen-bond acceptors (Lipinski definition) is 4. The lowest BCUT2D eigenvalue weighted by Crippen LogP contribution is -2.74. The Balaban J connectivity index is 2.14. The molecule has 6 heteroatoms. The number of pyridine rings is 1. The summed E-state index contributed by atoms with van der Waals surface area (Å²) in [5.74, 6) is 0.338. The largest absolute Gasteiger partial charge is 0.378 e. The zero-order chi connectivity index (χ0) is 15.8. The standard InChI is InChI=1S/C15H22BrN3O2/c1-5-21-11-7-15(17,14(11,3)4)13(20)19-12-9(2)6-10(16)8-18-12/h6,8,11H,5,7,17H2,1-4H3,(H,18,19,20). The molecule has 21 heavy (non-hydrogen) atoms.